The van der Waals surface area contributed by atoms with Crippen molar-refractivity contribution in [1.82, 2.24) is 0 Å². The fraction of sp³-hybridized carbons (Fsp3) is 0.923. The molecule has 0 fully saturated rings. The third-order valence-electron chi connectivity index (χ3n) is 3.34. The highest BCUT2D eigenvalue weighted by molar-refractivity contribution is 5.66. The number of hydrogen-bond acceptors (Lipinski definition) is 1. The van der Waals surface area contributed by atoms with Gasteiger partial charge >= 0.3 is 5.97 Å². The van der Waals surface area contributed by atoms with E-state index in [1.165, 1.54) is 25.7 Å². The molecule has 1 N–H and O–H groups in total. The molecule has 2 atom stereocenters. The van der Waals surface area contributed by atoms with Crippen LogP contribution >= 0.6 is 0 Å². The van der Waals surface area contributed by atoms with Gasteiger partial charge in [-0.15, -0.1) is 0 Å². The summed E-state index contributed by atoms with van der Waals surface area (Å²) in [5.74, 6) is 0.872. The molecule has 0 radical (unpaired) electrons. The van der Waals surface area contributed by atoms with Crippen LogP contribution in [0, 0.1) is 11.8 Å². The lowest BCUT2D eigenvalue weighted by atomic mass is 9.81. The molecule has 0 aromatic rings. The Morgan fingerprint density at radius 1 is 1.07 bits per heavy atom. The summed E-state index contributed by atoms with van der Waals surface area (Å²) in [5, 5.41) is 8.60. The third-order valence-corrected chi connectivity index (χ3v) is 3.34. The molecule has 0 heterocycles. The van der Waals surface area contributed by atoms with Crippen LogP contribution < -0.4 is 0 Å². The Morgan fingerprint density at radius 2 is 1.60 bits per heavy atom. The van der Waals surface area contributed by atoms with Crippen LogP contribution in [0.3, 0.4) is 0 Å². The maximum Gasteiger partial charge on any atom is 0.303 e. The van der Waals surface area contributed by atoms with Crippen molar-refractivity contribution in [1.29, 1.82) is 0 Å². The minimum atomic E-state index is -0.659. The molecule has 0 saturated carbocycles. The molecule has 0 amide bonds. The van der Waals surface area contributed by atoms with E-state index >= 15 is 0 Å². The van der Waals surface area contributed by atoms with E-state index in [4.69, 9.17) is 5.11 Å². The van der Waals surface area contributed by atoms with Crippen LogP contribution in [0.4, 0.5) is 0 Å². The molecular weight excluding hydrogens is 188 g/mol. The van der Waals surface area contributed by atoms with Crippen LogP contribution in [0.15, 0.2) is 0 Å². The largest absolute Gasteiger partial charge is 0.481 e. The highest BCUT2D eigenvalue weighted by Crippen LogP contribution is 2.28. The van der Waals surface area contributed by atoms with Crippen LogP contribution in [-0.4, -0.2) is 11.1 Å². The summed E-state index contributed by atoms with van der Waals surface area (Å²) in [4.78, 5) is 10.4. The zero-order valence-electron chi connectivity index (χ0n) is 10.5. The van der Waals surface area contributed by atoms with Gasteiger partial charge in [0.1, 0.15) is 0 Å². The minimum Gasteiger partial charge on any atom is -0.481 e. The van der Waals surface area contributed by atoms with E-state index in [0.29, 0.717) is 6.42 Å². The lowest BCUT2D eigenvalue weighted by molar-refractivity contribution is -0.137. The maximum absolute atomic E-state index is 10.4. The number of carboxylic acid groups (broad SMARTS) is 1. The monoisotopic (exact) mass is 214 g/mol. The molecule has 0 spiro atoms. The summed E-state index contributed by atoms with van der Waals surface area (Å²) >= 11 is 0. The summed E-state index contributed by atoms with van der Waals surface area (Å²) in [5.41, 5.74) is 0. The Labute approximate surface area is 94.1 Å². The standard InChI is InChI=1S/C13H26O2/c1-4-8-11(5-2)12(6-3)9-7-10-13(14)15/h11-12H,4-10H2,1-3H3,(H,14,15). The predicted octanol–water partition coefficient (Wildman–Crippen LogP) is 4.09. The van der Waals surface area contributed by atoms with Gasteiger partial charge in [-0.05, 0) is 24.7 Å². The second kappa shape index (κ2) is 8.75. The first-order valence-electron chi connectivity index (χ1n) is 6.37. The second-order valence-electron chi connectivity index (χ2n) is 4.41. The molecule has 0 aliphatic heterocycles. The summed E-state index contributed by atoms with van der Waals surface area (Å²) in [6.45, 7) is 6.70. The van der Waals surface area contributed by atoms with Crippen molar-refractivity contribution in [3.05, 3.63) is 0 Å². The SMILES string of the molecule is CCCC(CC)C(CC)CCCC(=O)O. The first-order valence-corrected chi connectivity index (χ1v) is 6.37. The first-order chi connectivity index (χ1) is 7.15. The molecule has 2 nitrogen and oxygen atoms in total. The molecule has 15 heavy (non-hydrogen) atoms. The molecule has 2 heteroatoms. The van der Waals surface area contributed by atoms with Crippen LogP contribution in [0.1, 0.15) is 65.7 Å². The van der Waals surface area contributed by atoms with Gasteiger partial charge in [-0.3, -0.25) is 4.79 Å². The van der Waals surface area contributed by atoms with E-state index in [-0.39, 0.29) is 0 Å². The minimum absolute atomic E-state index is 0.332. The Balaban J connectivity index is 3.91. The number of carboxylic acids is 1. The molecule has 90 valence electrons. The van der Waals surface area contributed by atoms with Crippen molar-refractivity contribution in [2.24, 2.45) is 11.8 Å². The molecular formula is C13H26O2. The molecule has 0 aliphatic rings. The molecule has 0 aliphatic carbocycles. The smallest absolute Gasteiger partial charge is 0.303 e. The molecule has 0 bridgehead atoms. The number of hydrogen-bond donors (Lipinski definition) is 1. The Morgan fingerprint density at radius 3 is 2.00 bits per heavy atom. The van der Waals surface area contributed by atoms with Gasteiger partial charge in [0.25, 0.3) is 0 Å². The molecule has 0 aromatic heterocycles. The molecule has 0 aromatic carbocycles. The maximum atomic E-state index is 10.4. The third kappa shape index (κ3) is 6.53. The van der Waals surface area contributed by atoms with E-state index in [0.717, 1.165) is 24.7 Å². The summed E-state index contributed by atoms with van der Waals surface area (Å²) in [6, 6.07) is 0. The van der Waals surface area contributed by atoms with Crippen LogP contribution in [-0.2, 0) is 4.79 Å². The van der Waals surface area contributed by atoms with Gasteiger partial charge in [-0.2, -0.15) is 0 Å². The van der Waals surface area contributed by atoms with Crippen molar-refractivity contribution < 1.29 is 9.90 Å². The van der Waals surface area contributed by atoms with Crippen molar-refractivity contribution >= 4 is 5.97 Å². The summed E-state index contributed by atoms with van der Waals surface area (Å²) < 4.78 is 0. The fourth-order valence-electron chi connectivity index (χ4n) is 2.43. The van der Waals surface area contributed by atoms with E-state index in [1.54, 1.807) is 0 Å². The van der Waals surface area contributed by atoms with E-state index in [9.17, 15) is 4.79 Å². The normalized spacial score (nSPS) is 14.9. The Bertz CT molecular complexity index is 166. The summed E-state index contributed by atoms with van der Waals surface area (Å²) in [7, 11) is 0. The van der Waals surface area contributed by atoms with Crippen molar-refractivity contribution in [2.45, 2.75) is 65.7 Å². The number of aliphatic carboxylic acids is 1. The Kier molecular flexibility index (Phi) is 8.44. The topological polar surface area (TPSA) is 37.3 Å². The molecule has 0 rings (SSSR count). The first kappa shape index (κ1) is 14.5. The van der Waals surface area contributed by atoms with Gasteiger partial charge < -0.3 is 5.11 Å². The van der Waals surface area contributed by atoms with Crippen molar-refractivity contribution in [2.75, 3.05) is 0 Å². The van der Waals surface area contributed by atoms with Gasteiger partial charge in [0.05, 0.1) is 0 Å². The highest BCUT2D eigenvalue weighted by atomic mass is 16.4. The van der Waals surface area contributed by atoms with Gasteiger partial charge in [0.2, 0.25) is 0 Å². The summed E-state index contributed by atoms with van der Waals surface area (Å²) in [6.07, 6.45) is 7.22. The molecule has 2 unspecified atom stereocenters. The quantitative estimate of drug-likeness (QED) is 0.627. The average Bonchev–Trinajstić information content (AvgIpc) is 2.21. The Hall–Kier alpha value is -0.530. The predicted molar refractivity (Wildman–Crippen MR) is 64.0 cm³/mol. The van der Waals surface area contributed by atoms with Gasteiger partial charge in [-0.25, -0.2) is 0 Å². The fourth-order valence-corrected chi connectivity index (χ4v) is 2.43. The van der Waals surface area contributed by atoms with Crippen LogP contribution in [0.2, 0.25) is 0 Å². The van der Waals surface area contributed by atoms with E-state index < -0.39 is 5.97 Å². The van der Waals surface area contributed by atoms with E-state index in [2.05, 4.69) is 20.8 Å². The zero-order chi connectivity index (χ0) is 11.7. The zero-order valence-corrected chi connectivity index (χ0v) is 10.5. The number of rotatable bonds is 9. The van der Waals surface area contributed by atoms with Gasteiger partial charge in [-0.1, -0.05) is 46.5 Å². The highest BCUT2D eigenvalue weighted by Gasteiger charge is 2.17. The van der Waals surface area contributed by atoms with Crippen LogP contribution in [0.5, 0.6) is 0 Å². The average molecular weight is 214 g/mol. The second-order valence-corrected chi connectivity index (χ2v) is 4.41. The lowest BCUT2D eigenvalue weighted by Gasteiger charge is -2.24. The van der Waals surface area contributed by atoms with E-state index in [1.807, 2.05) is 0 Å². The van der Waals surface area contributed by atoms with Crippen molar-refractivity contribution in [3.8, 4) is 0 Å². The van der Waals surface area contributed by atoms with Crippen molar-refractivity contribution in [3.63, 3.8) is 0 Å². The van der Waals surface area contributed by atoms with Gasteiger partial charge in [0, 0.05) is 6.42 Å². The van der Waals surface area contributed by atoms with Gasteiger partial charge in [0.15, 0.2) is 0 Å². The van der Waals surface area contributed by atoms with Crippen LogP contribution in [0.25, 0.3) is 0 Å². The molecule has 0 saturated heterocycles. The number of carbonyl (C=O) groups is 1. The lowest BCUT2D eigenvalue weighted by Crippen LogP contribution is -2.14.